The van der Waals surface area contributed by atoms with Crippen molar-refractivity contribution in [1.29, 1.82) is 0 Å². The Morgan fingerprint density at radius 3 is 2.86 bits per heavy atom. The van der Waals surface area contributed by atoms with E-state index in [4.69, 9.17) is 9.47 Å². The highest BCUT2D eigenvalue weighted by Gasteiger charge is 2.66. The van der Waals surface area contributed by atoms with Gasteiger partial charge in [0.25, 0.3) is 0 Å². The summed E-state index contributed by atoms with van der Waals surface area (Å²) in [5.41, 5.74) is 3.55. The molecule has 150 valence electrons. The second-order valence-corrected chi connectivity index (χ2v) is 8.70. The standard InChI is InChI=1S/C22H28N2O4/c1-4-21-6-5-8-24-9-7-22(20(21)24)14-10-16(25)17(27-2)11-15(14)23-18(22)13(12-21)19(26)28-3/h10-11,20,23,25H,4-9,12H2,1-3H3. The Labute approximate surface area is 165 Å². The minimum Gasteiger partial charge on any atom is -0.504 e. The molecular formula is C22H28N2O4. The molecule has 6 nitrogen and oxygen atoms in total. The number of ether oxygens (including phenoxy) is 2. The maximum atomic E-state index is 12.8. The third-order valence-electron chi connectivity index (χ3n) is 7.80. The van der Waals surface area contributed by atoms with Crippen LogP contribution in [0.3, 0.4) is 0 Å². The molecule has 0 saturated carbocycles. The van der Waals surface area contributed by atoms with Crippen LogP contribution in [0, 0.1) is 5.41 Å². The van der Waals surface area contributed by atoms with Gasteiger partial charge in [-0.15, -0.1) is 0 Å². The minimum absolute atomic E-state index is 0.0562. The highest BCUT2D eigenvalue weighted by Crippen LogP contribution is 2.66. The van der Waals surface area contributed by atoms with E-state index in [0.717, 1.165) is 61.3 Å². The number of rotatable bonds is 3. The molecule has 1 aromatic rings. The lowest BCUT2D eigenvalue weighted by Crippen LogP contribution is -2.59. The lowest BCUT2D eigenvalue weighted by Gasteiger charge is -2.56. The normalized spacial score (nSPS) is 33.0. The fraction of sp³-hybridized carbons (Fsp3) is 0.591. The van der Waals surface area contributed by atoms with Gasteiger partial charge in [-0.1, -0.05) is 6.92 Å². The number of hydrogen-bond acceptors (Lipinski definition) is 6. The van der Waals surface area contributed by atoms with Crippen LogP contribution in [0.5, 0.6) is 11.5 Å². The van der Waals surface area contributed by atoms with Crippen molar-refractivity contribution in [1.82, 2.24) is 4.90 Å². The summed E-state index contributed by atoms with van der Waals surface area (Å²) in [4.78, 5) is 15.5. The van der Waals surface area contributed by atoms with Crippen molar-refractivity contribution in [3.05, 3.63) is 29.0 Å². The van der Waals surface area contributed by atoms with Gasteiger partial charge in [0.1, 0.15) is 0 Å². The molecule has 2 fully saturated rings. The Morgan fingerprint density at radius 1 is 1.32 bits per heavy atom. The smallest absolute Gasteiger partial charge is 0.335 e. The molecular weight excluding hydrogens is 356 g/mol. The summed E-state index contributed by atoms with van der Waals surface area (Å²) in [5, 5.41) is 14.1. The molecule has 0 aromatic heterocycles. The molecule has 3 unspecified atom stereocenters. The molecule has 3 aliphatic heterocycles. The van der Waals surface area contributed by atoms with Crippen LogP contribution in [-0.4, -0.2) is 49.3 Å². The first kappa shape index (κ1) is 17.9. The number of carbonyl (C=O) groups is 1. The van der Waals surface area contributed by atoms with E-state index in [0.29, 0.717) is 11.8 Å². The van der Waals surface area contributed by atoms with Gasteiger partial charge in [0.05, 0.1) is 25.2 Å². The second-order valence-electron chi connectivity index (χ2n) is 8.70. The Kier molecular flexibility index (Phi) is 3.76. The number of hydrogen-bond donors (Lipinski definition) is 2. The summed E-state index contributed by atoms with van der Waals surface area (Å²) in [6.45, 7) is 4.37. The Bertz CT molecular complexity index is 895. The van der Waals surface area contributed by atoms with Gasteiger partial charge in [-0.2, -0.15) is 0 Å². The van der Waals surface area contributed by atoms with E-state index in [1.807, 2.05) is 12.1 Å². The summed E-state index contributed by atoms with van der Waals surface area (Å²) in [6.07, 6.45) is 5.01. The van der Waals surface area contributed by atoms with Crippen LogP contribution in [0.2, 0.25) is 0 Å². The fourth-order valence-corrected chi connectivity index (χ4v) is 6.71. The van der Waals surface area contributed by atoms with Crippen LogP contribution < -0.4 is 10.1 Å². The van der Waals surface area contributed by atoms with Crippen molar-refractivity contribution in [3.8, 4) is 11.5 Å². The fourth-order valence-electron chi connectivity index (χ4n) is 6.71. The summed E-state index contributed by atoms with van der Waals surface area (Å²) >= 11 is 0. The number of nitrogens with zero attached hydrogens (tertiary/aromatic N) is 1. The van der Waals surface area contributed by atoms with Gasteiger partial charge >= 0.3 is 5.97 Å². The third-order valence-corrected chi connectivity index (χ3v) is 7.80. The number of phenols is 1. The van der Waals surface area contributed by atoms with E-state index >= 15 is 0 Å². The molecule has 1 aromatic carbocycles. The van der Waals surface area contributed by atoms with E-state index in [2.05, 4.69) is 17.1 Å². The van der Waals surface area contributed by atoms with Crippen molar-refractivity contribution in [3.63, 3.8) is 0 Å². The topological polar surface area (TPSA) is 71.0 Å². The van der Waals surface area contributed by atoms with Gasteiger partial charge in [-0.05, 0) is 62.2 Å². The molecule has 0 bridgehead atoms. The van der Waals surface area contributed by atoms with E-state index < -0.39 is 0 Å². The Balaban J connectivity index is 1.81. The molecule has 1 aliphatic carbocycles. The largest absolute Gasteiger partial charge is 0.504 e. The van der Waals surface area contributed by atoms with Crippen LogP contribution in [0.1, 0.15) is 44.6 Å². The molecule has 4 aliphatic rings. The van der Waals surface area contributed by atoms with Crippen LogP contribution in [0.4, 0.5) is 5.69 Å². The molecule has 0 radical (unpaired) electrons. The van der Waals surface area contributed by atoms with Gasteiger partial charge in [0, 0.05) is 23.5 Å². The van der Waals surface area contributed by atoms with Gasteiger partial charge in [0.2, 0.25) is 0 Å². The number of carbonyl (C=O) groups excluding carboxylic acids is 1. The number of piperidine rings is 1. The lowest BCUT2D eigenvalue weighted by molar-refractivity contribution is -0.137. The van der Waals surface area contributed by atoms with Gasteiger partial charge < -0.3 is 19.9 Å². The maximum Gasteiger partial charge on any atom is 0.335 e. The highest BCUT2D eigenvalue weighted by molar-refractivity contribution is 5.93. The van der Waals surface area contributed by atoms with Crippen LogP contribution in [-0.2, 0) is 14.9 Å². The van der Waals surface area contributed by atoms with Crippen LogP contribution in [0.15, 0.2) is 23.4 Å². The number of esters is 1. The molecule has 1 spiro atoms. The van der Waals surface area contributed by atoms with Crippen molar-refractivity contribution in [2.75, 3.05) is 32.6 Å². The number of nitrogens with one attached hydrogen (secondary N) is 1. The molecule has 2 saturated heterocycles. The average molecular weight is 384 g/mol. The van der Waals surface area contributed by atoms with Crippen molar-refractivity contribution in [2.45, 2.75) is 50.5 Å². The first-order chi connectivity index (χ1) is 13.5. The van der Waals surface area contributed by atoms with E-state index in [1.54, 1.807) is 7.11 Å². The predicted octanol–water partition coefficient (Wildman–Crippen LogP) is 3.16. The molecule has 3 atom stereocenters. The van der Waals surface area contributed by atoms with Crippen molar-refractivity contribution in [2.24, 2.45) is 5.41 Å². The summed E-state index contributed by atoms with van der Waals surface area (Å²) in [6, 6.07) is 4.05. The highest BCUT2D eigenvalue weighted by atomic mass is 16.5. The number of phenolic OH excluding ortho intramolecular Hbond substituents is 1. The molecule has 6 heteroatoms. The quantitative estimate of drug-likeness (QED) is 0.616. The monoisotopic (exact) mass is 384 g/mol. The first-order valence-corrected chi connectivity index (χ1v) is 10.3. The first-order valence-electron chi connectivity index (χ1n) is 10.3. The van der Waals surface area contributed by atoms with Crippen LogP contribution in [0.25, 0.3) is 0 Å². The Morgan fingerprint density at radius 2 is 2.14 bits per heavy atom. The van der Waals surface area contributed by atoms with Gasteiger partial charge in [0.15, 0.2) is 11.5 Å². The molecule has 3 heterocycles. The molecule has 2 N–H and O–H groups in total. The van der Waals surface area contributed by atoms with E-state index in [-0.39, 0.29) is 22.5 Å². The zero-order chi connectivity index (χ0) is 19.7. The number of methoxy groups -OCH3 is 2. The van der Waals surface area contributed by atoms with E-state index in [9.17, 15) is 9.90 Å². The molecule has 28 heavy (non-hydrogen) atoms. The predicted molar refractivity (Wildman–Crippen MR) is 106 cm³/mol. The zero-order valence-corrected chi connectivity index (χ0v) is 16.8. The minimum atomic E-state index is -0.294. The van der Waals surface area contributed by atoms with Gasteiger partial charge in [-0.25, -0.2) is 4.79 Å². The van der Waals surface area contributed by atoms with Gasteiger partial charge in [-0.3, -0.25) is 4.90 Å². The zero-order valence-electron chi connectivity index (χ0n) is 16.8. The number of benzene rings is 1. The number of fused-ring (bicyclic) bond motifs is 1. The maximum absolute atomic E-state index is 12.8. The van der Waals surface area contributed by atoms with Crippen LogP contribution >= 0.6 is 0 Å². The lowest BCUT2D eigenvalue weighted by atomic mass is 9.53. The number of aromatic hydroxyl groups is 1. The van der Waals surface area contributed by atoms with Crippen molar-refractivity contribution < 1.29 is 19.4 Å². The SMILES string of the molecule is CCC12CCCN3CCC4(C(=C(C(=O)OC)C1)Nc1cc(OC)c(O)cc14)C32. The summed E-state index contributed by atoms with van der Waals surface area (Å²) in [7, 11) is 3.02. The second kappa shape index (κ2) is 5.89. The van der Waals surface area contributed by atoms with Crippen molar-refractivity contribution >= 4 is 11.7 Å². The summed E-state index contributed by atoms with van der Waals surface area (Å²) < 4.78 is 10.5. The number of anilines is 1. The van der Waals surface area contributed by atoms with E-state index in [1.165, 1.54) is 13.5 Å². The summed E-state index contributed by atoms with van der Waals surface area (Å²) in [5.74, 6) is 0.364. The molecule has 5 rings (SSSR count). The third kappa shape index (κ3) is 1.99. The Hall–Kier alpha value is -2.21. The average Bonchev–Trinajstić information content (AvgIpc) is 3.26. The molecule has 0 amide bonds.